The van der Waals surface area contributed by atoms with Crippen LogP contribution < -0.4 is 0 Å². The predicted octanol–water partition coefficient (Wildman–Crippen LogP) is 9.06. The molecule has 2 fully saturated rings. The third kappa shape index (κ3) is 11.0. The Morgan fingerprint density at radius 1 is 0.612 bits per heavy atom. The zero-order valence-electron chi connectivity index (χ0n) is 37.0. The number of carbonyl (C=O) groups is 1. The van der Waals surface area contributed by atoms with Crippen LogP contribution in [0.3, 0.4) is 0 Å². The molecule has 6 aromatic heterocycles. The largest absolute Gasteiger partial charge is 0.445 e. The molecule has 0 radical (unpaired) electrons. The van der Waals surface area contributed by atoms with Gasteiger partial charge in [0.2, 0.25) is 0 Å². The molecule has 334 valence electrons. The number of para-hydroxylation sites is 2. The lowest BCUT2D eigenvalue weighted by molar-refractivity contribution is 0.0745. The van der Waals surface area contributed by atoms with Crippen LogP contribution >= 0.6 is 15.9 Å². The molecule has 0 atom stereocenters. The van der Waals surface area contributed by atoms with E-state index in [9.17, 15) is 4.79 Å². The second kappa shape index (κ2) is 21.7. The fourth-order valence-corrected chi connectivity index (χ4v) is 8.53. The number of hydrogen-bond donors (Lipinski definition) is 0. The number of fused-ring (bicyclic) bond motifs is 4. The second-order valence-corrected chi connectivity index (χ2v) is 17.1. The Morgan fingerprint density at radius 2 is 1.19 bits per heavy atom. The topological polar surface area (TPSA) is 122 Å². The molecule has 11 rings (SSSR count). The molecule has 0 N–H and O–H groups in total. The van der Waals surface area contributed by atoms with Crippen LogP contribution in [-0.4, -0.2) is 112 Å². The zero-order chi connectivity index (χ0) is 45.8. The number of ether oxygens (including phenoxy) is 1. The maximum Gasteiger partial charge on any atom is 0.410 e. The number of terminal acetylenes is 1. The molecule has 2 saturated heterocycles. The number of hydrogen-bond acceptors (Lipinski definition) is 10. The summed E-state index contributed by atoms with van der Waals surface area (Å²) in [5.41, 5.74) is 9.71. The van der Waals surface area contributed by atoms with Gasteiger partial charge in [-0.3, -0.25) is 19.8 Å². The van der Waals surface area contributed by atoms with E-state index in [4.69, 9.17) is 11.2 Å². The quantitative estimate of drug-likeness (QED) is 0.149. The van der Waals surface area contributed by atoms with Gasteiger partial charge in [-0.25, -0.2) is 23.8 Å². The highest BCUT2D eigenvalue weighted by atomic mass is 79.9. The van der Waals surface area contributed by atoms with E-state index in [0.29, 0.717) is 26.2 Å². The van der Waals surface area contributed by atoms with Crippen molar-refractivity contribution in [2.24, 2.45) is 0 Å². The average Bonchev–Trinajstić information content (AvgIpc) is 4.00. The van der Waals surface area contributed by atoms with Crippen molar-refractivity contribution < 1.29 is 9.53 Å². The summed E-state index contributed by atoms with van der Waals surface area (Å²) in [4.78, 5) is 36.1. The van der Waals surface area contributed by atoms with E-state index in [2.05, 4.69) is 85.8 Å². The summed E-state index contributed by atoms with van der Waals surface area (Å²) in [6.07, 6.45) is 23.8. The molecule has 14 heteroatoms. The van der Waals surface area contributed by atoms with E-state index in [1.165, 1.54) is 19.3 Å². The first-order valence-electron chi connectivity index (χ1n) is 22.3. The number of amides is 1. The lowest BCUT2D eigenvalue weighted by atomic mass is 10.0. The number of piperazine rings is 1. The summed E-state index contributed by atoms with van der Waals surface area (Å²) < 4.78 is 9.78. The van der Waals surface area contributed by atoms with Crippen molar-refractivity contribution in [3.05, 3.63) is 156 Å². The number of piperidine rings is 1. The van der Waals surface area contributed by atoms with Crippen LogP contribution in [0.15, 0.2) is 145 Å². The fourth-order valence-electron chi connectivity index (χ4n) is 8.23. The van der Waals surface area contributed by atoms with Gasteiger partial charge in [-0.15, -0.1) is 6.42 Å². The summed E-state index contributed by atoms with van der Waals surface area (Å²) in [7, 11) is 0. The van der Waals surface area contributed by atoms with E-state index in [0.717, 1.165) is 104 Å². The normalized spacial score (nSPS) is 14.1. The standard InChI is InChI=1S/C23H21N5.C15H9BrN4.C15H18N2O2/c1-4-12-27(13-5-1)14-6-7-18-15-25-23-21(16-26-28(23)17-18)19-10-11-24-22-9-3-2-8-20(19)22;16-10-7-18-15-13(8-19-20(15)9-10)11-5-6-17-14-4-2-1-3-12(11)14;1-2-8-16-9-11-17(12-10-16)15(18)19-13-14-6-4-3-5-7-14/h2-3,8-11,15-17H,1,4-5,12-14H2;1-9H;1,3-7H,8-13H2. The number of nitrogens with zero attached hydrogens (tertiary/aromatic N) is 11. The third-order valence-electron chi connectivity index (χ3n) is 11.7. The summed E-state index contributed by atoms with van der Waals surface area (Å²) in [5, 5.41) is 11.1. The van der Waals surface area contributed by atoms with E-state index in [1.807, 2.05) is 127 Å². The van der Waals surface area contributed by atoms with E-state index in [-0.39, 0.29) is 6.09 Å². The fraction of sp³-hybridized carbons (Fsp3) is 0.226. The molecule has 0 aliphatic carbocycles. The molecule has 3 aromatic carbocycles. The van der Waals surface area contributed by atoms with Crippen LogP contribution in [0.5, 0.6) is 0 Å². The smallest absolute Gasteiger partial charge is 0.410 e. The molecule has 2 aliphatic heterocycles. The van der Waals surface area contributed by atoms with Gasteiger partial charge in [0.1, 0.15) is 6.61 Å². The Balaban J connectivity index is 0.000000129. The van der Waals surface area contributed by atoms with Crippen LogP contribution in [0.1, 0.15) is 30.4 Å². The van der Waals surface area contributed by atoms with Gasteiger partial charge in [0, 0.05) is 85.3 Å². The molecular weight excluding hydrogens is 903 g/mol. The molecule has 0 spiro atoms. The lowest BCUT2D eigenvalue weighted by Gasteiger charge is -2.32. The van der Waals surface area contributed by atoms with Crippen molar-refractivity contribution in [1.29, 1.82) is 0 Å². The maximum atomic E-state index is 11.9. The number of aromatic nitrogens is 8. The van der Waals surface area contributed by atoms with Gasteiger partial charge in [0.25, 0.3) is 0 Å². The summed E-state index contributed by atoms with van der Waals surface area (Å²) in [6, 6.07) is 29.9. The summed E-state index contributed by atoms with van der Waals surface area (Å²) >= 11 is 3.40. The Kier molecular flexibility index (Phi) is 14.5. The summed E-state index contributed by atoms with van der Waals surface area (Å²) in [6.45, 7) is 7.09. The van der Waals surface area contributed by atoms with Crippen molar-refractivity contribution >= 4 is 55.1 Å². The lowest BCUT2D eigenvalue weighted by Crippen LogP contribution is -2.48. The Labute approximate surface area is 397 Å². The first-order chi connectivity index (χ1) is 33.0. The van der Waals surface area contributed by atoms with Gasteiger partial charge in [0.05, 0.1) is 46.6 Å². The third-order valence-corrected chi connectivity index (χ3v) is 12.1. The molecule has 0 unspecified atom stereocenters. The molecular formula is C53H48BrN11O2. The molecule has 8 heterocycles. The minimum absolute atomic E-state index is 0.246. The first-order valence-corrected chi connectivity index (χ1v) is 23.1. The number of carbonyl (C=O) groups excluding carboxylic acids is 1. The Hall–Kier alpha value is -7.49. The zero-order valence-corrected chi connectivity index (χ0v) is 38.5. The highest BCUT2D eigenvalue weighted by molar-refractivity contribution is 9.10. The van der Waals surface area contributed by atoms with E-state index >= 15 is 0 Å². The van der Waals surface area contributed by atoms with Crippen molar-refractivity contribution in [3.8, 4) is 46.4 Å². The van der Waals surface area contributed by atoms with Crippen molar-refractivity contribution in [2.45, 2.75) is 25.9 Å². The predicted molar refractivity (Wildman–Crippen MR) is 266 cm³/mol. The molecule has 2 aliphatic rings. The highest BCUT2D eigenvalue weighted by Crippen LogP contribution is 2.31. The van der Waals surface area contributed by atoms with Crippen molar-refractivity contribution in [3.63, 3.8) is 0 Å². The number of benzene rings is 3. The summed E-state index contributed by atoms with van der Waals surface area (Å²) in [5.74, 6) is 9.14. The molecule has 9 aromatic rings. The van der Waals surface area contributed by atoms with Crippen LogP contribution in [0, 0.1) is 24.2 Å². The number of halogens is 1. The Morgan fingerprint density at radius 3 is 1.84 bits per heavy atom. The highest BCUT2D eigenvalue weighted by Gasteiger charge is 2.21. The van der Waals surface area contributed by atoms with Crippen LogP contribution in [0.2, 0.25) is 0 Å². The molecule has 13 nitrogen and oxygen atoms in total. The van der Waals surface area contributed by atoms with Gasteiger partial charge in [-0.05, 0) is 82.8 Å². The van der Waals surface area contributed by atoms with Crippen LogP contribution in [0.25, 0.3) is 55.4 Å². The first kappa shape index (κ1) is 44.7. The monoisotopic (exact) mass is 949 g/mol. The second-order valence-electron chi connectivity index (χ2n) is 16.2. The van der Waals surface area contributed by atoms with Gasteiger partial charge in [0.15, 0.2) is 11.3 Å². The minimum Gasteiger partial charge on any atom is -0.445 e. The van der Waals surface area contributed by atoms with Gasteiger partial charge in [-0.2, -0.15) is 10.2 Å². The van der Waals surface area contributed by atoms with Gasteiger partial charge >= 0.3 is 6.09 Å². The van der Waals surface area contributed by atoms with Gasteiger partial charge < -0.3 is 9.64 Å². The molecule has 0 bridgehead atoms. The molecule has 67 heavy (non-hydrogen) atoms. The van der Waals surface area contributed by atoms with E-state index < -0.39 is 0 Å². The molecule has 1 amide bonds. The Bertz CT molecular complexity index is 3220. The minimum atomic E-state index is -0.246. The van der Waals surface area contributed by atoms with E-state index in [1.54, 1.807) is 15.6 Å². The maximum absolute atomic E-state index is 11.9. The van der Waals surface area contributed by atoms with Gasteiger partial charge in [-0.1, -0.05) is 90.9 Å². The number of likely N-dealkylation sites (tertiary alicyclic amines) is 1. The number of rotatable bonds is 6. The van der Waals surface area contributed by atoms with Crippen molar-refractivity contribution in [1.82, 2.24) is 53.9 Å². The van der Waals surface area contributed by atoms with Crippen LogP contribution in [-0.2, 0) is 11.3 Å². The van der Waals surface area contributed by atoms with Crippen LogP contribution in [0.4, 0.5) is 4.79 Å². The van der Waals surface area contributed by atoms with Crippen molar-refractivity contribution in [2.75, 3.05) is 52.4 Å². The SMILES string of the molecule is Brc1cnc2c(-c3ccnc4ccccc34)cnn2c1.C#CCN1CCN(C(=O)OCc2ccccc2)CC1.C(#Cc1cnc2c(-c3ccnc4ccccc34)cnn2c1)CN1CCCCC1. The molecule has 0 saturated carbocycles. The number of pyridine rings is 2. The average molecular weight is 951 g/mol.